The minimum absolute atomic E-state index is 0. The second-order valence-electron chi connectivity index (χ2n) is 7.35. The molecule has 0 saturated carbocycles. The van der Waals surface area contributed by atoms with Crippen LogP contribution < -0.4 is 5.32 Å². The van der Waals surface area contributed by atoms with Gasteiger partial charge in [0.2, 0.25) is 0 Å². The molecule has 6 nitrogen and oxygen atoms in total. The Balaban J connectivity index is 0.00000243. The molecule has 1 atom stereocenters. The van der Waals surface area contributed by atoms with E-state index in [1.807, 2.05) is 11.7 Å². The Morgan fingerprint density at radius 1 is 1.27 bits per heavy atom. The highest BCUT2D eigenvalue weighted by molar-refractivity contribution is 14.0. The van der Waals surface area contributed by atoms with E-state index in [-0.39, 0.29) is 24.0 Å². The van der Waals surface area contributed by atoms with Crippen molar-refractivity contribution >= 4 is 29.9 Å². The molecule has 1 N–H and O–H groups in total. The molecule has 3 rings (SSSR count). The highest BCUT2D eigenvalue weighted by Gasteiger charge is 2.42. The van der Waals surface area contributed by atoms with Crippen molar-refractivity contribution in [2.24, 2.45) is 17.5 Å². The maximum absolute atomic E-state index is 5.66. The highest BCUT2D eigenvalue weighted by atomic mass is 127. The van der Waals surface area contributed by atoms with Gasteiger partial charge in [-0.1, -0.05) is 13.8 Å². The molecule has 0 aliphatic carbocycles. The second kappa shape index (κ2) is 9.39. The maximum Gasteiger partial charge on any atom is 0.194 e. The van der Waals surface area contributed by atoms with Crippen LogP contribution in [0.5, 0.6) is 0 Å². The van der Waals surface area contributed by atoms with Gasteiger partial charge in [0.15, 0.2) is 5.96 Å². The average molecular weight is 475 g/mol. The van der Waals surface area contributed by atoms with E-state index >= 15 is 0 Å². The quantitative estimate of drug-likeness (QED) is 0.405. The molecule has 1 spiro atoms. The Morgan fingerprint density at radius 3 is 2.69 bits per heavy atom. The summed E-state index contributed by atoms with van der Waals surface area (Å²) in [5.74, 6) is 1.04. The van der Waals surface area contributed by atoms with Crippen LogP contribution in [0.15, 0.2) is 4.99 Å². The minimum Gasteiger partial charge on any atom is -0.381 e. The first-order valence-electron chi connectivity index (χ1n) is 9.77. The lowest BCUT2D eigenvalue weighted by Gasteiger charge is -2.25. The number of halogens is 1. The molecular weight excluding hydrogens is 441 g/mol. The summed E-state index contributed by atoms with van der Waals surface area (Å²) >= 11 is 0. The smallest absolute Gasteiger partial charge is 0.194 e. The van der Waals surface area contributed by atoms with Gasteiger partial charge in [-0.2, -0.15) is 5.10 Å². The molecule has 7 heteroatoms. The predicted octanol–water partition coefficient (Wildman–Crippen LogP) is 2.74. The zero-order chi connectivity index (χ0) is 17.9. The molecule has 1 aromatic heterocycles. The molecule has 0 radical (unpaired) electrons. The van der Waals surface area contributed by atoms with Gasteiger partial charge in [0.1, 0.15) is 0 Å². The van der Waals surface area contributed by atoms with Crippen molar-refractivity contribution in [3.8, 4) is 0 Å². The van der Waals surface area contributed by atoms with Crippen LogP contribution in [0.2, 0.25) is 0 Å². The van der Waals surface area contributed by atoms with Crippen LogP contribution in [0.4, 0.5) is 0 Å². The largest absolute Gasteiger partial charge is 0.381 e. The third kappa shape index (κ3) is 4.35. The van der Waals surface area contributed by atoms with Gasteiger partial charge >= 0.3 is 0 Å². The number of guanidine groups is 1. The summed E-state index contributed by atoms with van der Waals surface area (Å²) in [5, 5.41) is 8.17. The fraction of sp³-hybridized carbons (Fsp3) is 0.789. The lowest BCUT2D eigenvalue weighted by atomic mass is 9.87. The van der Waals surface area contributed by atoms with Gasteiger partial charge < -0.3 is 15.0 Å². The molecule has 0 amide bonds. The lowest BCUT2D eigenvalue weighted by Crippen LogP contribution is -2.41. The van der Waals surface area contributed by atoms with Crippen LogP contribution in [0.1, 0.15) is 50.6 Å². The van der Waals surface area contributed by atoms with Crippen molar-refractivity contribution in [1.82, 2.24) is 20.0 Å². The first-order valence-corrected chi connectivity index (χ1v) is 9.77. The number of aryl methyl sites for hydroxylation is 2. The Bertz CT molecular complexity index is 622. The van der Waals surface area contributed by atoms with Crippen LogP contribution in [-0.2, 0) is 31.2 Å². The molecule has 3 heterocycles. The normalized spacial score (nSPS) is 22.9. The number of rotatable bonds is 5. The van der Waals surface area contributed by atoms with E-state index in [2.05, 4.69) is 36.1 Å². The summed E-state index contributed by atoms with van der Waals surface area (Å²) in [6.45, 7) is 12.1. The van der Waals surface area contributed by atoms with Crippen molar-refractivity contribution < 1.29 is 4.74 Å². The van der Waals surface area contributed by atoms with Gasteiger partial charge in [-0.25, -0.2) is 4.99 Å². The summed E-state index contributed by atoms with van der Waals surface area (Å²) in [4.78, 5) is 7.41. The number of hydrogen-bond acceptors (Lipinski definition) is 3. The van der Waals surface area contributed by atoms with Gasteiger partial charge in [-0.05, 0) is 32.6 Å². The Labute approximate surface area is 174 Å². The molecular formula is C19H34IN5O. The first kappa shape index (κ1) is 21.5. The van der Waals surface area contributed by atoms with Gasteiger partial charge in [0, 0.05) is 50.0 Å². The lowest BCUT2D eigenvalue weighted by molar-refractivity contribution is 0.156. The van der Waals surface area contributed by atoms with Crippen molar-refractivity contribution in [3.63, 3.8) is 0 Å². The molecule has 0 bridgehead atoms. The molecule has 26 heavy (non-hydrogen) atoms. The molecule has 1 unspecified atom stereocenters. The number of likely N-dealkylation sites (tertiary alicyclic amines) is 1. The fourth-order valence-corrected chi connectivity index (χ4v) is 4.24. The monoisotopic (exact) mass is 475 g/mol. The van der Waals surface area contributed by atoms with E-state index in [1.165, 1.54) is 29.8 Å². The van der Waals surface area contributed by atoms with E-state index in [0.717, 1.165) is 51.6 Å². The van der Waals surface area contributed by atoms with Gasteiger partial charge in [0.25, 0.3) is 0 Å². The van der Waals surface area contributed by atoms with E-state index in [9.17, 15) is 0 Å². The van der Waals surface area contributed by atoms with Crippen molar-refractivity contribution in [2.45, 2.75) is 53.0 Å². The molecule has 2 fully saturated rings. The molecule has 2 saturated heterocycles. The Hall–Kier alpha value is -0.830. The van der Waals surface area contributed by atoms with E-state index in [0.29, 0.717) is 12.0 Å². The highest BCUT2D eigenvalue weighted by Crippen LogP contribution is 2.38. The summed E-state index contributed by atoms with van der Waals surface area (Å²) in [6, 6.07) is 0. The third-order valence-corrected chi connectivity index (χ3v) is 5.67. The zero-order valence-corrected chi connectivity index (χ0v) is 19.0. The Kier molecular flexibility index (Phi) is 7.76. The summed E-state index contributed by atoms with van der Waals surface area (Å²) in [5.41, 5.74) is 4.15. The standard InChI is InChI=1S/C19H33N5O.HI/c1-5-16-15(17(6-2)23(4)22-16)12-21-18(20-7-3)24-10-8-19(13-24)9-11-25-14-19;/h5-14H2,1-4H3,(H,20,21);1H. The van der Waals surface area contributed by atoms with Crippen LogP contribution >= 0.6 is 24.0 Å². The van der Waals surface area contributed by atoms with Crippen LogP contribution in [0.3, 0.4) is 0 Å². The number of ether oxygens (including phenoxy) is 1. The number of nitrogens with one attached hydrogen (secondary N) is 1. The zero-order valence-electron chi connectivity index (χ0n) is 16.7. The van der Waals surface area contributed by atoms with Gasteiger partial charge in [-0.3, -0.25) is 4.68 Å². The van der Waals surface area contributed by atoms with Crippen molar-refractivity contribution in [2.75, 3.05) is 32.8 Å². The topological polar surface area (TPSA) is 54.7 Å². The second-order valence-corrected chi connectivity index (χ2v) is 7.35. The molecule has 2 aliphatic rings. The van der Waals surface area contributed by atoms with Crippen molar-refractivity contribution in [1.29, 1.82) is 0 Å². The van der Waals surface area contributed by atoms with E-state index in [4.69, 9.17) is 9.73 Å². The van der Waals surface area contributed by atoms with Gasteiger partial charge in [-0.15, -0.1) is 24.0 Å². The number of aliphatic imine (C=N–C) groups is 1. The number of hydrogen-bond donors (Lipinski definition) is 1. The first-order chi connectivity index (χ1) is 12.1. The predicted molar refractivity (Wildman–Crippen MR) is 116 cm³/mol. The maximum atomic E-state index is 5.66. The van der Waals surface area contributed by atoms with Crippen LogP contribution in [0, 0.1) is 5.41 Å². The summed E-state index contributed by atoms with van der Waals surface area (Å²) < 4.78 is 7.69. The van der Waals surface area contributed by atoms with Crippen LogP contribution in [0.25, 0.3) is 0 Å². The molecule has 1 aromatic rings. The van der Waals surface area contributed by atoms with E-state index < -0.39 is 0 Å². The summed E-state index contributed by atoms with van der Waals surface area (Å²) in [6.07, 6.45) is 4.35. The number of aromatic nitrogens is 2. The summed E-state index contributed by atoms with van der Waals surface area (Å²) in [7, 11) is 2.04. The SMILES string of the molecule is CCNC(=NCc1c(CC)nn(C)c1CC)N1CCC2(CCOC2)C1.I. The average Bonchev–Trinajstić information content (AvgIpc) is 3.32. The third-order valence-electron chi connectivity index (χ3n) is 5.67. The van der Waals surface area contributed by atoms with Gasteiger partial charge in [0.05, 0.1) is 18.8 Å². The Morgan fingerprint density at radius 2 is 2.08 bits per heavy atom. The van der Waals surface area contributed by atoms with Crippen molar-refractivity contribution in [3.05, 3.63) is 17.0 Å². The van der Waals surface area contributed by atoms with E-state index in [1.54, 1.807) is 0 Å². The molecule has 148 valence electrons. The molecule has 2 aliphatic heterocycles. The minimum atomic E-state index is 0. The number of nitrogens with zero attached hydrogens (tertiary/aromatic N) is 4. The molecule has 0 aromatic carbocycles. The van der Waals surface area contributed by atoms with Crippen LogP contribution in [-0.4, -0.2) is 53.5 Å². The fourth-order valence-electron chi connectivity index (χ4n) is 4.24.